The van der Waals surface area contributed by atoms with Crippen LogP contribution < -0.4 is 16.1 Å². The number of H-pyrrole nitrogens is 1. The number of nitrogens with one attached hydrogen (secondary N) is 2. The highest BCUT2D eigenvalue weighted by atomic mass is 35.5. The Kier molecular flexibility index (Phi) is 5.19. The molecule has 4 N–H and O–H groups in total. The van der Waals surface area contributed by atoms with Crippen molar-refractivity contribution in [3.63, 3.8) is 0 Å². The number of carbonyl (C=O) groups is 1. The molecule has 0 aromatic carbocycles. The van der Waals surface area contributed by atoms with E-state index in [2.05, 4.69) is 15.5 Å². The first kappa shape index (κ1) is 15.0. The average molecular weight is 311 g/mol. The molecule has 5 nitrogen and oxygen atoms in total. The van der Waals surface area contributed by atoms with E-state index in [0.29, 0.717) is 0 Å². The maximum atomic E-state index is 11.8. The monoisotopic (exact) mass is 309 g/mol. The Bertz CT molecular complexity index is 516. The Morgan fingerprint density at radius 3 is 2.56 bits per heavy atom. The molecule has 0 saturated carbocycles. The second-order valence-corrected chi connectivity index (χ2v) is 4.63. The molecule has 0 unspecified atom stereocenters. The van der Waals surface area contributed by atoms with Crippen LogP contribution >= 0.6 is 34.8 Å². The third-order valence-electron chi connectivity index (χ3n) is 2.21. The summed E-state index contributed by atoms with van der Waals surface area (Å²) >= 11 is 17.5. The van der Waals surface area contributed by atoms with Gasteiger partial charge in [-0.05, 0) is 24.9 Å². The third kappa shape index (κ3) is 3.25. The summed E-state index contributed by atoms with van der Waals surface area (Å²) in [5.41, 5.74) is 8.79. The van der Waals surface area contributed by atoms with Crippen LogP contribution in [-0.4, -0.2) is 11.6 Å². The van der Waals surface area contributed by atoms with Crippen LogP contribution in [0.4, 0.5) is 5.69 Å². The molecule has 98 valence electrons. The van der Waals surface area contributed by atoms with Crippen molar-refractivity contribution in [2.75, 3.05) is 5.73 Å². The number of aromatic amines is 1. The molecule has 0 saturated heterocycles. The van der Waals surface area contributed by atoms with E-state index >= 15 is 0 Å². The molecule has 0 bridgehead atoms. The number of halogens is 3. The second kappa shape index (κ2) is 6.22. The van der Waals surface area contributed by atoms with Crippen LogP contribution in [0.2, 0.25) is 15.2 Å². The Balaban J connectivity index is 3.08. The minimum atomic E-state index is -0.543. The average Bonchev–Trinajstić information content (AvgIpc) is 2.37. The lowest BCUT2D eigenvalue weighted by Crippen LogP contribution is -2.28. The SMILES string of the molecule is CC/C(C)=N/NC(=O)c1[nH+]c(Cl)c(Cl)c(N)c1Cl. The van der Waals surface area contributed by atoms with Gasteiger partial charge in [0.25, 0.3) is 10.8 Å². The number of carbonyl (C=O) groups excluding carboxylic acids is 1. The molecule has 0 radical (unpaired) electrons. The van der Waals surface area contributed by atoms with Crippen LogP contribution in [-0.2, 0) is 0 Å². The first-order chi connectivity index (χ1) is 8.38. The number of pyridine rings is 1. The molecule has 0 atom stereocenters. The standard InChI is InChI=1S/C10H11Cl3N4O/c1-3-4(2)16-17-10(18)8-5(11)7(14)6(12)9(13)15-8/h3H2,1-2H3,(H2,14,15)(H,17,18)/p+1/b16-4+. The molecule has 0 aliphatic heterocycles. The number of nitrogen functional groups attached to an aromatic ring is 1. The zero-order valence-corrected chi connectivity index (χ0v) is 12.0. The van der Waals surface area contributed by atoms with Crippen LogP contribution in [0.3, 0.4) is 0 Å². The molecule has 1 aromatic heterocycles. The predicted molar refractivity (Wildman–Crippen MR) is 73.3 cm³/mol. The summed E-state index contributed by atoms with van der Waals surface area (Å²) in [6.45, 7) is 3.70. The van der Waals surface area contributed by atoms with Gasteiger partial charge < -0.3 is 5.73 Å². The van der Waals surface area contributed by atoms with E-state index in [4.69, 9.17) is 40.5 Å². The van der Waals surface area contributed by atoms with Crippen LogP contribution in [0, 0.1) is 0 Å². The smallest absolute Gasteiger partial charge is 0.337 e. The van der Waals surface area contributed by atoms with Gasteiger partial charge in [-0.25, -0.2) is 5.43 Å². The summed E-state index contributed by atoms with van der Waals surface area (Å²) in [6.07, 6.45) is 0.723. The summed E-state index contributed by atoms with van der Waals surface area (Å²) in [6, 6.07) is 0. The van der Waals surface area contributed by atoms with Crippen LogP contribution in [0.5, 0.6) is 0 Å². The highest BCUT2D eigenvalue weighted by molar-refractivity contribution is 6.45. The fraction of sp³-hybridized carbons (Fsp3) is 0.300. The lowest BCUT2D eigenvalue weighted by atomic mass is 10.3. The maximum Gasteiger partial charge on any atom is 0.337 e. The predicted octanol–water partition coefficient (Wildman–Crippen LogP) is 2.56. The van der Waals surface area contributed by atoms with E-state index in [1.54, 1.807) is 6.92 Å². The van der Waals surface area contributed by atoms with Gasteiger partial charge in [0.1, 0.15) is 10.0 Å². The molecule has 0 fully saturated rings. The normalized spacial score (nSPS) is 11.5. The van der Waals surface area contributed by atoms with Gasteiger partial charge in [0.2, 0.25) is 0 Å². The molecule has 0 aliphatic rings. The number of anilines is 1. The zero-order chi connectivity index (χ0) is 13.9. The number of nitrogens with two attached hydrogens (primary N) is 1. The third-order valence-corrected chi connectivity index (χ3v) is 3.37. The topological polar surface area (TPSA) is 81.6 Å². The van der Waals surface area contributed by atoms with Crippen molar-refractivity contribution in [3.8, 4) is 0 Å². The minimum Gasteiger partial charge on any atom is -0.396 e. The highest BCUT2D eigenvalue weighted by Crippen LogP contribution is 2.31. The molecule has 18 heavy (non-hydrogen) atoms. The molecule has 1 rings (SSSR count). The van der Waals surface area contributed by atoms with Gasteiger partial charge in [0.05, 0.1) is 5.69 Å². The van der Waals surface area contributed by atoms with Crippen molar-refractivity contribution in [2.24, 2.45) is 5.10 Å². The van der Waals surface area contributed by atoms with Gasteiger partial charge in [0.15, 0.2) is 0 Å². The molecular weight excluding hydrogens is 298 g/mol. The summed E-state index contributed by atoms with van der Waals surface area (Å²) in [7, 11) is 0. The Morgan fingerprint density at radius 1 is 1.39 bits per heavy atom. The Labute approximate surface area is 119 Å². The van der Waals surface area contributed by atoms with Gasteiger partial charge in [0, 0.05) is 5.71 Å². The van der Waals surface area contributed by atoms with E-state index in [-0.39, 0.29) is 26.6 Å². The largest absolute Gasteiger partial charge is 0.396 e. The van der Waals surface area contributed by atoms with E-state index in [9.17, 15) is 4.79 Å². The molecule has 1 heterocycles. The maximum absolute atomic E-state index is 11.8. The number of aromatic nitrogens is 1. The van der Waals surface area contributed by atoms with Gasteiger partial charge >= 0.3 is 5.91 Å². The van der Waals surface area contributed by atoms with E-state index < -0.39 is 5.91 Å². The zero-order valence-electron chi connectivity index (χ0n) is 9.77. The number of hydrogen-bond donors (Lipinski definition) is 2. The molecule has 0 aliphatic carbocycles. The van der Waals surface area contributed by atoms with Gasteiger partial charge in [-0.1, -0.05) is 30.1 Å². The summed E-state index contributed by atoms with van der Waals surface area (Å²) in [5, 5.41) is 3.99. The van der Waals surface area contributed by atoms with E-state index in [0.717, 1.165) is 12.1 Å². The first-order valence-corrected chi connectivity index (χ1v) is 6.20. The Morgan fingerprint density at radius 2 is 2.00 bits per heavy atom. The molecule has 1 aromatic rings. The highest BCUT2D eigenvalue weighted by Gasteiger charge is 2.25. The number of amides is 1. The quantitative estimate of drug-likeness (QED) is 0.511. The number of nitrogens with zero attached hydrogens (tertiary/aromatic N) is 1. The molecule has 0 spiro atoms. The molecular formula is C10H12Cl3N4O+. The Hall–Kier alpha value is -1.04. The van der Waals surface area contributed by atoms with Crippen LogP contribution in [0.25, 0.3) is 0 Å². The van der Waals surface area contributed by atoms with Gasteiger partial charge in [-0.2, -0.15) is 10.1 Å². The van der Waals surface area contributed by atoms with E-state index in [1.165, 1.54) is 0 Å². The lowest BCUT2D eigenvalue weighted by molar-refractivity contribution is -0.379. The van der Waals surface area contributed by atoms with Gasteiger partial charge in [-0.15, -0.1) is 0 Å². The summed E-state index contributed by atoms with van der Waals surface area (Å²) < 4.78 is 0. The van der Waals surface area contributed by atoms with E-state index in [1.807, 2.05) is 6.92 Å². The summed E-state index contributed by atoms with van der Waals surface area (Å²) in [5.74, 6) is -0.543. The molecule has 1 amide bonds. The van der Waals surface area contributed by atoms with Crippen molar-refractivity contribution in [2.45, 2.75) is 20.3 Å². The number of rotatable bonds is 3. The van der Waals surface area contributed by atoms with Crippen LogP contribution in [0.15, 0.2) is 5.10 Å². The second-order valence-electron chi connectivity index (χ2n) is 3.50. The minimum absolute atomic E-state index is 0.00579. The van der Waals surface area contributed by atoms with Crippen LogP contribution in [0.1, 0.15) is 30.8 Å². The number of hydrazone groups is 1. The van der Waals surface area contributed by atoms with Crippen molar-refractivity contribution < 1.29 is 9.78 Å². The lowest BCUT2D eigenvalue weighted by Gasteiger charge is -2.03. The van der Waals surface area contributed by atoms with Crippen molar-refractivity contribution in [3.05, 3.63) is 20.9 Å². The fourth-order valence-corrected chi connectivity index (χ4v) is 1.62. The fourth-order valence-electron chi connectivity index (χ4n) is 1.01. The molecule has 8 heteroatoms. The van der Waals surface area contributed by atoms with Gasteiger partial charge in [-0.3, -0.25) is 4.79 Å². The van der Waals surface area contributed by atoms with Crippen molar-refractivity contribution in [1.29, 1.82) is 0 Å². The van der Waals surface area contributed by atoms with Crippen molar-refractivity contribution >= 4 is 52.1 Å². The number of hydrogen-bond acceptors (Lipinski definition) is 3. The van der Waals surface area contributed by atoms with Crippen molar-refractivity contribution in [1.82, 2.24) is 5.43 Å². The first-order valence-electron chi connectivity index (χ1n) is 5.07. The summed E-state index contributed by atoms with van der Waals surface area (Å²) in [4.78, 5) is 14.4.